The lowest BCUT2D eigenvalue weighted by molar-refractivity contribution is 0.594. The Labute approximate surface area is 176 Å². The Hall–Kier alpha value is -2.93. The van der Waals surface area contributed by atoms with Crippen molar-refractivity contribution in [2.45, 2.75) is 44.4 Å². The van der Waals surface area contributed by atoms with E-state index in [1.807, 2.05) is 25.1 Å². The average Bonchev–Trinajstić information content (AvgIpc) is 2.75. The highest BCUT2D eigenvalue weighted by atomic mass is 32.2. The second kappa shape index (κ2) is 7.72. The Kier molecular flexibility index (Phi) is 5.24. The number of anilines is 1. The van der Waals surface area contributed by atoms with Crippen LogP contribution in [-0.2, 0) is 22.9 Å². The standard InChI is InChI=1S/C23H25N3O3S/c1-15-8-12-18(13-9-15)26(3)30(28,29)21-14-17(11-10-16(21)2)22-19-6-4-5-7-20(19)23(27)25-24-22/h8-14H,4-7H2,1-3H3,(H,25,27). The zero-order chi connectivity index (χ0) is 21.5. The van der Waals surface area contributed by atoms with Gasteiger partial charge in [0.1, 0.15) is 0 Å². The zero-order valence-corrected chi connectivity index (χ0v) is 18.2. The molecule has 6 nitrogen and oxygen atoms in total. The van der Waals surface area contributed by atoms with Crippen molar-refractivity contribution in [2.24, 2.45) is 0 Å². The molecular weight excluding hydrogens is 398 g/mol. The molecule has 1 aliphatic carbocycles. The average molecular weight is 424 g/mol. The van der Waals surface area contributed by atoms with Crippen LogP contribution in [0, 0.1) is 13.8 Å². The summed E-state index contributed by atoms with van der Waals surface area (Å²) in [5, 5.41) is 6.87. The van der Waals surface area contributed by atoms with Gasteiger partial charge in [-0.1, -0.05) is 29.8 Å². The first kappa shape index (κ1) is 20.3. The Balaban J connectivity index is 1.81. The van der Waals surface area contributed by atoms with Crippen LogP contribution in [0.4, 0.5) is 5.69 Å². The van der Waals surface area contributed by atoms with Gasteiger partial charge >= 0.3 is 0 Å². The number of aromatic amines is 1. The summed E-state index contributed by atoms with van der Waals surface area (Å²) in [7, 11) is -2.20. The quantitative estimate of drug-likeness (QED) is 0.693. The Morgan fingerprint density at radius 3 is 2.33 bits per heavy atom. The van der Waals surface area contributed by atoms with Crippen molar-refractivity contribution in [1.82, 2.24) is 10.2 Å². The molecule has 0 amide bonds. The fraction of sp³-hybridized carbons (Fsp3) is 0.304. The molecule has 2 aromatic carbocycles. The van der Waals surface area contributed by atoms with Crippen molar-refractivity contribution in [2.75, 3.05) is 11.4 Å². The molecule has 1 aliphatic rings. The van der Waals surface area contributed by atoms with Crippen LogP contribution in [0.2, 0.25) is 0 Å². The summed E-state index contributed by atoms with van der Waals surface area (Å²) in [4.78, 5) is 12.4. The summed E-state index contributed by atoms with van der Waals surface area (Å²) < 4.78 is 28.1. The third kappa shape index (κ3) is 3.54. The van der Waals surface area contributed by atoms with E-state index >= 15 is 0 Å². The highest BCUT2D eigenvalue weighted by Gasteiger charge is 2.25. The SMILES string of the molecule is Cc1ccc(N(C)S(=O)(=O)c2cc(-c3n[nH]c(=O)c4c3CCCC4)ccc2C)cc1. The smallest absolute Gasteiger partial charge is 0.267 e. The molecule has 0 bridgehead atoms. The highest BCUT2D eigenvalue weighted by Crippen LogP contribution is 2.32. The predicted octanol–water partition coefficient (Wildman–Crippen LogP) is 3.76. The van der Waals surface area contributed by atoms with Crippen LogP contribution in [0.1, 0.15) is 35.1 Å². The van der Waals surface area contributed by atoms with E-state index in [0.29, 0.717) is 22.5 Å². The number of aromatic nitrogens is 2. The van der Waals surface area contributed by atoms with Crippen LogP contribution in [0.3, 0.4) is 0 Å². The van der Waals surface area contributed by atoms with Crippen LogP contribution in [0.15, 0.2) is 52.2 Å². The number of rotatable bonds is 4. The Morgan fingerprint density at radius 1 is 0.967 bits per heavy atom. The van der Waals surface area contributed by atoms with Gasteiger partial charge in [0, 0.05) is 18.2 Å². The Morgan fingerprint density at radius 2 is 1.63 bits per heavy atom. The first-order chi connectivity index (χ1) is 14.3. The lowest BCUT2D eigenvalue weighted by Crippen LogP contribution is -2.27. The van der Waals surface area contributed by atoms with Crippen LogP contribution in [0.5, 0.6) is 0 Å². The van der Waals surface area contributed by atoms with E-state index in [1.165, 1.54) is 4.31 Å². The molecule has 0 aliphatic heterocycles. The van der Waals surface area contributed by atoms with Gasteiger partial charge in [-0.05, 0) is 68.9 Å². The summed E-state index contributed by atoms with van der Waals surface area (Å²) in [5.41, 5.74) is 5.26. The number of aryl methyl sites for hydroxylation is 2. The van der Waals surface area contributed by atoms with Crippen molar-refractivity contribution in [1.29, 1.82) is 0 Å². The van der Waals surface area contributed by atoms with Crippen molar-refractivity contribution >= 4 is 15.7 Å². The van der Waals surface area contributed by atoms with Gasteiger partial charge in [0.25, 0.3) is 15.6 Å². The fourth-order valence-electron chi connectivity index (χ4n) is 3.96. The Bertz CT molecular complexity index is 1260. The molecule has 0 fully saturated rings. The van der Waals surface area contributed by atoms with E-state index in [1.54, 1.807) is 38.2 Å². The highest BCUT2D eigenvalue weighted by molar-refractivity contribution is 7.92. The normalized spacial score (nSPS) is 13.7. The monoisotopic (exact) mass is 423 g/mol. The van der Waals surface area contributed by atoms with Crippen molar-refractivity contribution < 1.29 is 8.42 Å². The molecule has 0 atom stereocenters. The minimum Gasteiger partial charge on any atom is -0.269 e. The zero-order valence-electron chi connectivity index (χ0n) is 17.4. The first-order valence-electron chi connectivity index (χ1n) is 10.1. The maximum atomic E-state index is 13.4. The summed E-state index contributed by atoms with van der Waals surface area (Å²) >= 11 is 0. The fourth-order valence-corrected chi connectivity index (χ4v) is 5.41. The molecule has 1 heterocycles. The minimum absolute atomic E-state index is 0.146. The molecule has 0 saturated heterocycles. The van der Waals surface area contributed by atoms with Gasteiger partial charge in [-0.3, -0.25) is 9.10 Å². The van der Waals surface area contributed by atoms with Gasteiger partial charge in [0.05, 0.1) is 16.3 Å². The van der Waals surface area contributed by atoms with E-state index in [9.17, 15) is 13.2 Å². The third-order valence-corrected chi connectivity index (χ3v) is 7.72. The third-order valence-electron chi connectivity index (χ3n) is 5.79. The maximum Gasteiger partial charge on any atom is 0.267 e. The molecule has 1 aromatic heterocycles. The van der Waals surface area contributed by atoms with Gasteiger partial charge in [0.2, 0.25) is 0 Å². The first-order valence-corrected chi connectivity index (χ1v) is 11.5. The number of fused-ring (bicyclic) bond motifs is 1. The minimum atomic E-state index is -3.76. The van der Waals surface area contributed by atoms with Crippen LogP contribution in [-0.4, -0.2) is 25.7 Å². The molecule has 4 rings (SSSR count). The predicted molar refractivity (Wildman–Crippen MR) is 118 cm³/mol. The van der Waals surface area contributed by atoms with Gasteiger partial charge in [-0.2, -0.15) is 5.10 Å². The summed E-state index contributed by atoms with van der Waals surface area (Å²) in [6.45, 7) is 3.75. The molecular formula is C23H25N3O3S. The number of benzene rings is 2. The number of nitrogens with zero attached hydrogens (tertiary/aromatic N) is 2. The number of sulfonamides is 1. The van der Waals surface area contributed by atoms with Gasteiger partial charge in [0.15, 0.2) is 0 Å². The molecule has 156 valence electrons. The number of hydrogen-bond donors (Lipinski definition) is 1. The van der Waals surface area contributed by atoms with Crippen molar-refractivity contribution in [3.8, 4) is 11.3 Å². The second-order valence-electron chi connectivity index (χ2n) is 7.85. The van der Waals surface area contributed by atoms with Crippen molar-refractivity contribution in [3.05, 3.63) is 75.1 Å². The van der Waals surface area contributed by atoms with Crippen LogP contribution >= 0.6 is 0 Å². The van der Waals surface area contributed by atoms with Gasteiger partial charge in [-0.15, -0.1) is 0 Å². The molecule has 0 unspecified atom stereocenters. The molecule has 30 heavy (non-hydrogen) atoms. The van der Waals surface area contributed by atoms with E-state index in [2.05, 4.69) is 10.2 Å². The van der Waals surface area contributed by atoms with E-state index in [4.69, 9.17) is 0 Å². The molecule has 0 saturated carbocycles. The largest absolute Gasteiger partial charge is 0.269 e. The van der Waals surface area contributed by atoms with Crippen LogP contribution < -0.4 is 9.86 Å². The number of H-pyrrole nitrogens is 1. The lowest BCUT2D eigenvalue weighted by Gasteiger charge is -2.22. The van der Waals surface area contributed by atoms with Gasteiger partial charge < -0.3 is 0 Å². The maximum absolute atomic E-state index is 13.4. The number of nitrogens with one attached hydrogen (secondary N) is 1. The summed E-state index contributed by atoms with van der Waals surface area (Å²) in [5.74, 6) is 0. The second-order valence-corrected chi connectivity index (χ2v) is 9.79. The van der Waals surface area contributed by atoms with Gasteiger partial charge in [-0.25, -0.2) is 13.5 Å². The summed E-state index contributed by atoms with van der Waals surface area (Å²) in [6.07, 6.45) is 3.49. The van der Waals surface area contributed by atoms with E-state index < -0.39 is 10.0 Å². The van der Waals surface area contributed by atoms with Crippen LogP contribution in [0.25, 0.3) is 11.3 Å². The molecule has 0 spiro atoms. The van der Waals surface area contributed by atoms with E-state index in [-0.39, 0.29) is 10.5 Å². The summed E-state index contributed by atoms with van der Waals surface area (Å²) in [6, 6.07) is 12.7. The molecule has 3 aromatic rings. The lowest BCUT2D eigenvalue weighted by atomic mass is 9.90. The molecule has 1 N–H and O–H groups in total. The number of hydrogen-bond acceptors (Lipinski definition) is 4. The molecule has 0 radical (unpaired) electrons. The van der Waals surface area contributed by atoms with Crippen molar-refractivity contribution in [3.63, 3.8) is 0 Å². The van der Waals surface area contributed by atoms with E-state index in [0.717, 1.165) is 42.4 Å². The topological polar surface area (TPSA) is 83.1 Å². The molecule has 7 heteroatoms.